The second kappa shape index (κ2) is 8.31. The predicted molar refractivity (Wildman–Crippen MR) is 90.7 cm³/mol. The highest BCUT2D eigenvalue weighted by atomic mass is 19.4. The van der Waals surface area contributed by atoms with Crippen LogP contribution < -0.4 is 5.32 Å². The number of likely N-dealkylation sites (N-methyl/N-ethyl adjacent to an activating group) is 1. The molecular formula is C19H20F4N2O. The van der Waals surface area contributed by atoms with Gasteiger partial charge in [0.25, 0.3) is 0 Å². The van der Waals surface area contributed by atoms with Crippen molar-refractivity contribution in [3.8, 4) is 0 Å². The second-order valence-electron chi connectivity index (χ2n) is 6.08. The first kappa shape index (κ1) is 19.9. The molecule has 0 radical (unpaired) electrons. The van der Waals surface area contributed by atoms with Crippen LogP contribution in [0, 0.1) is 5.82 Å². The molecule has 2 aromatic carbocycles. The summed E-state index contributed by atoms with van der Waals surface area (Å²) >= 11 is 0. The molecule has 0 heterocycles. The Morgan fingerprint density at radius 3 is 2.42 bits per heavy atom. The van der Waals surface area contributed by atoms with Crippen molar-refractivity contribution in [3.63, 3.8) is 0 Å². The molecule has 1 amide bonds. The molecule has 2 aromatic rings. The molecule has 3 nitrogen and oxygen atoms in total. The van der Waals surface area contributed by atoms with Crippen LogP contribution in [-0.4, -0.2) is 24.4 Å². The van der Waals surface area contributed by atoms with Gasteiger partial charge in [0.1, 0.15) is 5.82 Å². The van der Waals surface area contributed by atoms with Crippen molar-refractivity contribution in [1.82, 2.24) is 10.2 Å². The van der Waals surface area contributed by atoms with Gasteiger partial charge in [0.05, 0.1) is 12.1 Å². The van der Waals surface area contributed by atoms with Gasteiger partial charge in [0, 0.05) is 12.6 Å². The van der Waals surface area contributed by atoms with Crippen LogP contribution in [0.2, 0.25) is 0 Å². The lowest BCUT2D eigenvalue weighted by atomic mass is 10.1. The third-order valence-corrected chi connectivity index (χ3v) is 4.19. The molecule has 0 bridgehead atoms. The molecule has 0 aliphatic rings. The van der Waals surface area contributed by atoms with Crippen LogP contribution in [0.1, 0.15) is 29.7 Å². The summed E-state index contributed by atoms with van der Waals surface area (Å²) in [4.78, 5) is 13.9. The predicted octanol–water partition coefficient (Wildman–Crippen LogP) is 4.15. The van der Waals surface area contributed by atoms with Gasteiger partial charge in [-0.2, -0.15) is 13.2 Å². The first-order chi connectivity index (χ1) is 12.2. The number of nitrogens with one attached hydrogen (secondary N) is 1. The SMILES string of the molecule is CC(c1ccccc1)N(C)CC(=O)NCc1ccc(F)cc1C(F)(F)F. The second-order valence-corrected chi connectivity index (χ2v) is 6.08. The van der Waals surface area contributed by atoms with Crippen LogP contribution in [-0.2, 0) is 17.5 Å². The lowest BCUT2D eigenvalue weighted by Gasteiger charge is -2.24. The van der Waals surface area contributed by atoms with E-state index in [0.29, 0.717) is 6.07 Å². The fourth-order valence-electron chi connectivity index (χ4n) is 2.57. The summed E-state index contributed by atoms with van der Waals surface area (Å²) < 4.78 is 52.0. The van der Waals surface area contributed by atoms with Crippen LogP contribution in [0.5, 0.6) is 0 Å². The van der Waals surface area contributed by atoms with E-state index < -0.39 is 23.5 Å². The van der Waals surface area contributed by atoms with Gasteiger partial charge in [0.15, 0.2) is 0 Å². The summed E-state index contributed by atoms with van der Waals surface area (Å²) in [6.07, 6.45) is -4.68. The molecule has 140 valence electrons. The molecule has 0 aromatic heterocycles. The quantitative estimate of drug-likeness (QED) is 0.777. The van der Waals surface area contributed by atoms with E-state index in [1.807, 2.05) is 37.3 Å². The number of hydrogen-bond donors (Lipinski definition) is 1. The van der Waals surface area contributed by atoms with E-state index in [1.54, 1.807) is 11.9 Å². The largest absolute Gasteiger partial charge is 0.416 e. The minimum atomic E-state index is -4.68. The van der Waals surface area contributed by atoms with Crippen LogP contribution in [0.4, 0.5) is 17.6 Å². The summed E-state index contributed by atoms with van der Waals surface area (Å²) in [5.41, 5.74) is -0.226. The van der Waals surface area contributed by atoms with E-state index in [0.717, 1.165) is 17.7 Å². The zero-order valence-corrected chi connectivity index (χ0v) is 14.5. The Labute approximate surface area is 149 Å². The summed E-state index contributed by atoms with van der Waals surface area (Å²) in [5, 5.41) is 2.47. The highest BCUT2D eigenvalue weighted by Gasteiger charge is 2.33. The lowest BCUT2D eigenvalue weighted by Crippen LogP contribution is -2.36. The van der Waals surface area contributed by atoms with Gasteiger partial charge in [-0.1, -0.05) is 36.4 Å². The Hall–Kier alpha value is -2.41. The van der Waals surface area contributed by atoms with Crippen molar-refractivity contribution in [2.45, 2.75) is 25.7 Å². The first-order valence-electron chi connectivity index (χ1n) is 8.06. The van der Waals surface area contributed by atoms with Crippen LogP contribution >= 0.6 is 0 Å². The molecule has 0 saturated carbocycles. The van der Waals surface area contributed by atoms with Gasteiger partial charge in [-0.3, -0.25) is 9.69 Å². The zero-order chi connectivity index (χ0) is 19.3. The van der Waals surface area contributed by atoms with Gasteiger partial charge >= 0.3 is 6.18 Å². The number of hydrogen-bond acceptors (Lipinski definition) is 2. The highest BCUT2D eigenvalue weighted by molar-refractivity contribution is 5.78. The third-order valence-electron chi connectivity index (χ3n) is 4.19. The standard InChI is InChI=1S/C19H20F4N2O/c1-13(14-6-4-3-5-7-14)25(2)12-18(26)24-11-15-8-9-16(20)10-17(15)19(21,22)23/h3-10,13H,11-12H2,1-2H3,(H,24,26). The summed E-state index contributed by atoms with van der Waals surface area (Å²) in [6, 6.07) is 11.9. The third kappa shape index (κ3) is 5.29. The van der Waals surface area contributed by atoms with E-state index in [9.17, 15) is 22.4 Å². The van der Waals surface area contributed by atoms with E-state index in [-0.39, 0.29) is 24.7 Å². The maximum Gasteiger partial charge on any atom is 0.416 e. The Balaban J connectivity index is 1.97. The summed E-state index contributed by atoms with van der Waals surface area (Å²) in [6.45, 7) is 1.64. The number of rotatable bonds is 6. The molecule has 0 aliphatic heterocycles. The van der Waals surface area contributed by atoms with Gasteiger partial charge in [-0.25, -0.2) is 4.39 Å². The van der Waals surface area contributed by atoms with Crippen molar-refractivity contribution in [1.29, 1.82) is 0 Å². The zero-order valence-electron chi connectivity index (χ0n) is 14.5. The van der Waals surface area contributed by atoms with E-state index in [4.69, 9.17) is 0 Å². The number of halogens is 4. The lowest BCUT2D eigenvalue weighted by molar-refractivity contribution is -0.138. The van der Waals surface area contributed by atoms with Crippen molar-refractivity contribution in [2.75, 3.05) is 13.6 Å². The Bertz CT molecular complexity index is 747. The highest BCUT2D eigenvalue weighted by Crippen LogP contribution is 2.32. The van der Waals surface area contributed by atoms with E-state index in [1.165, 1.54) is 0 Å². The molecular weight excluding hydrogens is 348 g/mol. The Kier molecular flexibility index (Phi) is 6.37. The monoisotopic (exact) mass is 368 g/mol. The van der Waals surface area contributed by atoms with E-state index in [2.05, 4.69) is 5.32 Å². The first-order valence-corrected chi connectivity index (χ1v) is 8.06. The maximum absolute atomic E-state index is 13.1. The Morgan fingerprint density at radius 1 is 1.15 bits per heavy atom. The summed E-state index contributed by atoms with van der Waals surface area (Å²) in [7, 11) is 1.76. The minimum Gasteiger partial charge on any atom is -0.351 e. The van der Waals surface area contributed by atoms with Gasteiger partial charge < -0.3 is 5.32 Å². The van der Waals surface area contributed by atoms with Crippen molar-refractivity contribution in [2.24, 2.45) is 0 Å². The normalized spacial score (nSPS) is 12.9. The van der Waals surface area contributed by atoms with Gasteiger partial charge in [0.2, 0.25) is 5.91 Å². The number of alkyl halides is 3. The number of amides is 1. The molecule has 0 saturated heterocycles. The van der Waals surface area contributed by atoms with Crippen molar-refractivity contribution >= 4 is 5.91 Å². The fraction of sp³-hybridized carbons (Fsp3) is 0.316. The topological polar surface area (TPSA) is 32.3 Å². The van der Waals surface area contributed by atoms with E-state index >= 15 is 0 Å². The van der Waals surface area contributed by atoms with Gasteiger partial charge in [-0.05, 0) is 37.2 Å². The number of carbonyl (C=O) groups is 1. The molecule has 1 atom stereocenters. The van der Waals surface area contributed by atoms with Crippen LogP contribution in [0.25, 0.3) is 0 Å². The minimum absolute atomic E-state index is 0.0264. The molecule has 26 heavy (non-hydrogen) atoms. The molecule has 2 rings (SSSR count). The molecule has 0 spiro atoms. The molecule has 0 aliphatic carbocycles. The molecule has 7 heteroatoms. The molecule has 1 unspecified atom stereocenters. The average Bonchev–Trinajstić information content (AvgIpc) is 2.60. The Morgan fingerprint density at radius 2 is 1.81 bits per heavy atom. The molecule has 0 fully saturated rings. The van der Waals surface area contributed by atoms with Crippen molar-refractivity contribution in [3.05, 3.63) is 71.0 Å². The number of carbonyl (C=O) groups excluding carboxylic acids is 1. The number of benzene rings is 2. The fourth-order valence-corrected chi connectivity index (χ4v) is 2.57. The average molecular weight is 368 g/mol. The summed E-state index contributed by atoms with van der Waals surface area (Å²) in [5.74, 6) is -1.38. The van der Waals surface area contributed by atoms with Crippen molar-refractivity contribution < 1.29 is 22.4 Å². The van der Waals surface area contributed by atoms with Crippen LogP contribution in [0.3, 0.4) is 0 Å². The van der Waals surface area contributed by atoms with Gasteiger partial charge in [-0.15, -0.1) is 0 Å². The smallest absolute Gasteiger partial charge is 0.351 e. The number of nitrogens with zero attached hydrogens (tertiary/aromatic N) is 1. The van der Waals surface area contributed by atoms with Crippen LogP contribution in [0.15, 0.2) is 48.5 Å². The maximum atomic E-state index is 13.1. The molecule has 1 N–H and O–H groups in total.